The summed E-state index contributed by atoms with van der Waals surface area (Å²) in [6, 6.07) is 15.9. The average molecular weight is 423 g/mol. The summed E-state index contributed by atoms with van der Waals surface area (Å²) in [5, 5.41) is 0. The van der Waals surface area contributed by atoms with Crippen molar-refractivity contribution in [1.29, 1.82) is 0 Å². The summed E-state index contributed by atoms with van der Waals surface area (Å²) < 4.78 is 24.3. The van der Waals surface area contributed by atoms with Gasteiger partial charge >= 0.3 is 0 Å². The molecule has 0 unspecified atom stereocenters. The zero-order valence-corrected chi connectivity index (χ0v) is 16.9. The Morgan fingerprint density at radius 2 is 1.83 bits per heavy atom. The summed E-state index contributed by atoms with van der Waals surface area (Å²) in [6.07, 6.45) is 1.55. The molecular formula is C23H18FNO4S. The summed E-state index contributed by atoms with van der Waals surface area (Å²) in [7, 11) is 0. The third-order valence-electron chi connectivity index (χ3n) is 4.50. The zero-order chi connectivity index (χ0) is 21.1. The van der Waals surface area contributed by atoms with Gasteiger partial charge in [-0.2, -0.15) is 0 Å². The lowest BCUT2D eigenvalue weighted by Crippen LogP contribution is -2.31. The second-order valence-electron chi connectivity index (χ2n) is 6.46. The molecule has 2 amide bonds. The van der Waals surface area contributed by atoms with Gasteiger partial charge in [-0.15, -0.1) is 11.8 Å². The van der Waals surface area contributed by atoms with E-state index in [2.05, 4.69) is 0 Å². The summed E-state index contributed by atoms with van der Waals surface area (Å²) in [5.41, 5.74) is 1.16. The standard InChI is InChI=1S/C23H18FNO4S/c1-2-28-18-6-3-5-17(13-18)25-22(26)20(15-8-10-16(24)11-9-15)21(23(25)27)30-14-19-7-4-12-29-19/h3-13H,2,14H2,1H3. The van der Waals surface area contributed by atoms with E-state index in [9.17, 15) is 14.0 Å². The van der Waals surface area contributed by atoms with E-state index in [1.165, 1.54) is 36.0 Å². The number of ether oxygens (including phenoxy) is 1. The summed E-state index contributed by atoms with van der Waals surface area (Å²) in [5.74, 6) is 0.339. The third kappa shape index (κ3) is 3.89. The van der Waals surface area contributed by atoms with Gasteiger partial charge in [0.1, 0.15) is 17.3 Å². The maximum Gasteiger partial charge on any atom is 0.272 e. The lowest BCUT2D eigenvalue weighted by atomic mass is 10.1. The molecule has 0 aliphatic carbocycles. The summed E-state index contributed by atoms with van der Waals surface area (Å²) >= 11 is 1.22. The molecule has 7 heteroatoms. The molecule has 2 aromatic carbocycles. The molecule has 0 bridgehead atoms. The minimum atomic E-state index is -0.456. The Morgan fingerprint density at radius 3 is 2.53 bits per heavy atom. The van der Waals surface area contributed by atoms with Crippen LogP contribution in [0, 0.1) is 5.82 Å². The van der Waals surface area contributed by atoms with Crippen molar-refractivity contribution in [2.45, 2.75) is 12.7 Å². The molecule has 0 saturated carbocycles. The molecule has 0 N–H and O–H groups in total. The Balaban J connectivity index is 1.73. The number of hydrogen-bond acceptors (Lipinski definition) is 5. The third-order valence-corrected chi connectivity index (χ3v) is 5.60. The Kier molecular flexibility index (Phi) is 5.72. The van der Waals surface area contributed by atoms with Crippen molar-refractivity contribution in [3.63, 3.8) is 0 Å². The number of furan rings is 1. The number of imide groups is 1. The predicted octanol–water partition coefficient (Wildman–Crippen LogP) is 5.04. The SMILES string of the molecule is CCOc1cccc(N2C(=O)C(SCc3ccco3)=C(c3ccc(F)cc3)C2=O)c1. The van der Waals surface area contributed by atoms with E-state index in [0.29, 0.717) is 40.0 Å². The van der Waals surface area contributed by atoms with Crippen molar-refractivity contribution < 1.29 is 23.1 Å². The summed E-state index contributed by atoms with van der Waals surface area (Å²) in [6.45, 7) is 2.32. The molecule has 0 fully saturated rings. The lowest BCUT2D eigenvalue weighted by molar-refractivity contribution is -0.119. The zero-order valence-electron chi connectivity index (χ0n) is 16.1. The van der Waals surface area contributed by atoms with Gasteiger partial charge in [-0.25, -0.2) is 9.29 Å². The second-order valence-corrected chi connectivity index (χ2v) is 7.44. The van der Waals surface area contributed by atoms with Crippen LogP contribution in [0.15, 0.2) is 76.2 Å². The first-order chi connectivity index (χ1) is 14.6. The van der Waals surface area contributed by atoms with Crippen LogP contribution in [0.25, 0.3) is 5.57 Å². The Hall–Kier alpha value is -3.32. The number of halogens is 1. The largest absolute Gasteiger partial charge is 0.494 e. The van der Waals surface area contributed by atoms with Gasteiger partial charge in [0.05, 0.1) is 34.8 Å². The van der Waals surface area contributed by atoms with Crippen LogP contribution < -0.4 is 9.64 Å². The number of thioether (sulfide) groups is 1. The number of benzene rings is 2. The van der Waals surface area contributed by atoms with Crippen LogP contribution in [0.2, 0.25) is 0 Å². The molecule has 1 aliphatic heterocycles. The molecule has 3 aromatic rings. The van der Waals surface area contributed by atoms with Crippen LogP contribution in [0.3, 0.4) is 0 Å². The first kappa shape index (κ1) is 20.0. The van der Waals surface area contributed by atoms with E-state index in [1.54, 1.807) is 42.7 Å². The van der Waals surface area contributed by atoms with Crippen LogP contribution in [0.4, 0.5) is 10.1 Å². The topological polar surface area (TPSA) is 59.8 Å². The van der Waals surface area contributed by atoms with E-state index in [1.807, 2.05) is 6.92 Å². The highest BCUT2D eigenvalue weighted by Gasteiger charge is 2.40. The first-order valence-electron chi connectivity index (χ1n) is 9.35. The van der Waals surface area contributed by atoms with Gasteiger partial charge < -0.3 is 9.15 Å². The quantitative estimate of drug-likeness (QED) is 0.499. The highest BCUT2D eigenvalue weighted by Crippen LogP contribution is 2.40. The number of carbonyl (C=O) groups excluding carboxylic acids is 2. The highest BCUT2D eigenvalue weighted by atomic mass is 32.2. The van der Waals surface area contributed by atoms with Gasteiger partial charge in [-0.05, 0) is 48.9 Å². The van der Waals surface area contributed by atoms with Crippen molar-refractivity contribution in [3.05, 3.63) is 89.0 Å². The highest BCUT2D eigenvalue weighted by molar-refractivity contribution is 8.03. The van der Waals surface area contributed by atoms with E-state index in [0.717, 1.165) is 4.90 Å². The van der Waals surface area contributed by atoms with Gasteiger partial charge in [-0.1, -0.05) is 18.2 Å². The number of hydrogen-bond donors (Lipinski definition) is 0. The monoisotopic (exact) mass is 423 g/mol. The Labute approximate surface area is 177 Å². The summed E-state index contributed by atoms with van der Waals surface area (Å²) in [4.78, 5) is 28.0. The van der Waals surface area contributed by atoms with Gasteiger partial charge in [-0.3, -0.25) is 9.59 Å². The average Bonchev–Trinajstić information content (AvgIpc) is 3.34. The molecule has 1 aliphatic rings. The minimum Gasteiger partial charge on any atom is -0.494 e. The minimum absolute atomic E-state index is 0.248. The van der Waals surface area contributed by atoms with E-state index in [-0.39, 0.29) is 5.57 Å². The van der Waals surface area contributed by atoms with E-state index >= 15 is 0 Å². The van der Waals surface area contributed by atoms with Gasteiger partial charge in [0.25, 0.3) is 11.8 Å². The van der Waals surface area contributed by atoms with Crippen LogP contribution in [-0.4, -0.2) is 18.4 Å². The molecule has 0 spiro atoms. The molecule has 152 valence electrons. The Bertz CT molecular complexity index is 1110. The second kappa shape index (κ2) is 8.59. The van der Waals surface area contributed by atoms with Crippen molar-refractivity contribution >= 4 is 34.8 Å². The number of nitrogens with zero attached hydrogens (tertiary/aromatic N) is 1. The van der Waals surface area contributed by atoms with Crippen molar-refractivity contribution in [1.82, 2.24) is 0 Å². The molecule has 30 heavy (non-hydrogen) atoms. The van der Waals surface area contributed by atoms with E-state index in [4.69, 9.17) is 9.15 Å². The van der Waals surface area contributed by atoms with Crippen molar-refractivity contribution in [2.24, 2.45) is 0 Å². The van der Waals surface area contributed by atoms with Crippen molar-refractivity contribution in [3.8, 4) is 5.75 Å². The maximum atomic E-state index is 13.4. The molecular weight excluding hydrogens is 405 g/mol. The number of amides is 2. The predicted molar refractivity (Wildman–Crippen MR) is 113 cm³/mol. The normalized spacial score (nSPS) is 14.0. The molecule has 0 atom stereocenters. The maximum absolute atomic E-state index is 13.4. The number of carbonyl (C=O) groups is 2. The van der Waals surface area contributed by atoms with Crippen LogP contribution >= 0.6 is 11.8 Å². The smallest absolute Gasteiger partial charge is 0.272 e. The fraction of sp³-hybridized carbons (Fsp3) is 0.130. The van der Waals surface area contributed by atoms with Crippen LogP contribution in [0.1, 0.15) is 18.2 Å². The molecule has 4 rings (SSSR count). The van der Waals surface area contributed by atoms with Gasteiger partial charge in [0.15, 0.2) is 0 Å². The molecule has 5 nitrogen and oxygen atoms in total. The molecule has 0 radical (unpaired) electrons. The van der Waals surface area contributed by atoms with E-state index < -0.39 is 17.6 Å². The van der Waals surface area contributed by atoms with Crippen LogP contribution in [-0.2, 0) is 15.3 Å². The van der Waals surface area contributed by atoms with Crippen LogP contribution in [0.5, 0.6) is 5.75 Å². The molecule has 0 saturated heterocycles. The number of rotatable bonds is 7. The lowest BCUT2D eigenvalue weighted by Gasteiger charge is -2.16. The van der Waals surface area contributed by atoms with Crippen molar-refractivity contribution in [2.75, 3.05) is 11.5 Å². The van der Waals surface area contributed by atoms with Gasteiger partial charge in [0, 0.05) is 6.07 Å². The first-order valence-corrected chi connectivity index (χ1v) is 10.3. The van der Waals surface area contributed by atoms with Gasteiger partial charge in [0.2, 0.25) is 0 Å². The fourth-order valence-corrected chi connectivity index (χ4v) is 4.18. The fourth-order valence-electron chi connectivity index (χ4n) is 3.17. The molecule has 2 heterocycles. The Morgan fingerprint density at radius 1 is 1.03 bits per heavy atom. The number of anilines is 1. The molecule has 1 aromatic heterocycles.